The third-order valence-corrected chi connectivity index (χ3v) is 5.29. The minimum absolute atomic E-state index is 0.795. The Kier molecular flexibility index (Phi) is 2.46. The zero-order valence-corrected chi connectivity index (χ0v) is 12.9. The Morgan fingerprint density at radius 3 is 2.86 bits per heavy atom. The van der Waals surface area contributed by atoms with Gasteiger partial charge in [0.25, 0.3) is 0 Å². The summed E-state index contributed by atoms with van der Waals surface area (Å²) in [6, 6.07) is 14.4. The summed E-state index contributed by atoms with van der Waals surface area (Å²) in [6.07, 6.45) is 0. The highest BCUT2D eigenvalue weighted by atomic mass is 32.1. The lowest BCUT2D eigenvalue weighted by Crippen LogP contribution is -1.88. The Morgan fingerprint density at radius 2 is 2.00 bits per heavy atom. The Bertz CT molecular complexity index is 1050. The second-order valence-corrected chi connectivity index (χ2v) is 6.78. The topological polar surface area (TPSA) is 58.9 Å². The van der Waals surface area contributed by atoms with Crippen molar-refractivity contribution in [3.05, 3.63) is 47.8 Å². The quantitative estimate of drug-likeness (QED) is 0.533. The first kappa shape index (κ1) is 12.1. The summed E-state index contributed by atoms with van der Waals surface area (Å²) in [6.45, 7) is 0. The summed E-state index contributed by atoms with van der Waals surface area (Å²) in [5.74, 6) is 0.795. The highest BCUT2D eigenvalue weighted by molar-refractivity contribution is 7.19. The van der Waals surface area contributed by atoms with E-state index in [-0.39, 0.29) is 0 Å². The molecule has 0 spiro atoms. The van der Waals surface area contributed by atoms with Crippen LogP contribution in [0.25, 0.3) is 37.3 Å². The van der Waals surface area contributed by atoms with Crippen LogP contribution >= 0.6 is 22.7 Å². The number of thiophene rings is 1. The maximum atomic E-state index is 4.68. The number of nitrogens with zero attached hydrogens (tertiary/aromatic N) is 4. The number of H-pyrrole nitrogens is 1. The van der Waals surface area contributed by atoms with E-state index < -0.39 is 0 Å². The molecule has 4 aromatic heterocycles. The number of rotatable bonds is 2. The average molecular weight is 323 g/mol. The predicted molar refractivity (Wildman–Crippen MR) is 89.3 cm³/mol. The normalized spacial score (nSPS) is 11.6. The molecule has 0 fully saturated rings. The molecule has 0 radical (unpaired) electrons. The molecule has 0 aliphatic carbocycles. The number of fused-ring (bicyclic) bond motifs is 2. The largest absolute Gasteiger partial charge is 0.353 e. The molecule has 106 valence electrons. The van der Waals surface area contributed by atoms with Gasteiger partial charge in [0.1, 0.15) is 0 Å². The molecule has 0 aliphatic rings. The van der Waals surface area contributed by atoms with Crippen LogP contribution in [0.1, 0.15) is 0 Å². The minimum Gasteiger partial charge on any atom is -0.353 e. The number of hydrogen-bond donors (Lipinski definition) is 1. The van der Waals surface area contributed by atoms with Crippen LogP contribution in [0.2, 0.25) is 0 Å². The fourth-order valence-corrected chi connectivity index (χ4v) is 3.98. The molecule has 0 unspecified atom stereocenters. The SMILES string of the molecule is c1csc(-c2nnc3sc(-c4cc5ccccc5[nH]4)nn23)c1. The Morgan fingerprint density at radius 1 is 1.05 bits per heavy atom. The van der Waals surface area contributed by atoms with Crippen molar-refractivity contribution in [2.75, 3.05) is 0 Å². The van der Waals surface area contributed by atoms with Gasteiger partial charge in [0.15, 0.2) is 10.8 Å². The number of nitrogens with one attached hydrogen (secondary N) is 1. The molecule has 0 saturated heterocycles. The van der Waals surface area contributed by atoms with Crippen molar-refractivity contribution >= 4 is 38.5 Å². The second kappa shape index (κ2) is 4.49. The molecule has 0 amide bonds. The maximum Gasteiger partial charge on any atom is 0.235 e. The molecule has 0 bridgehead atoms. The van der Waals surface area contributed by atoms with Gasteiger partial charge in [-0.1, -0.05) is 35.6 Å². The summed E-state index contributed by atoms with van der Waals surface area (Å²) in [4.78, 5) is 5.28. The Balaban J connectivity index is 1.69. The van der Waals surface area contributed by atoms with Gasteiger partial charge in [-0.25, -0.2) is 0 Å². The van der Waals surface area contributed by atoms with Crippen LogP contribution in [-0.2, 0) is 0 Å². The molecule has 0 aliphatic heterocycles. The Hall–Kier alpha value is -2.51. The average Bonchev–Trinajstić information content (AvgIpc) is 3.28. The molecule has 1 aromatic carbocycles. The van der Waals surface area contributed by atoms with E-state index in [0.717, 1.165) is 31.9 Å². The fourth-order valence-electron chi connectivity index (χ4n) is 2.47. The number of aromatic amines is 1. The summed E-state index contributed by atoms with van der Waals surface area (Å²) in [5, 5.41) is 17.3. The zero-order chi connectivity index (χ0) is 14.5. The van der Waals surface area contributed by atoms with E-state index in [0.29, 0.717) is 0 Å². The molecule has 5 rings (SSSR count). The second-order valence-electron chi connectivity index (χ2n) is 4.87. The molecule has 0 saturated carbocycles. The van der Waals surface area contributed by atoms with Crippen molar-refractivity contribution in [1.29, 1.82) is 0 Å². The summed E-state index contributed by atoms with van der Waals surface area (Å²) < 4.78 is 1.82. The lowest BCUT2D eigenvalue weighted by atomic mass is 10.2. The van der Waals surface area contributed by atoms with Crippen LogP contribution < -0.4 is 0 Å². The molecule has 0 atom stereocenters. The van der Waals surface area contributed by atoms with E-state index >= 15 is 0 Å². The van der Waals surface area contributed by atoms with Gasteiger partial charge in [-0.05, 0) is 23.6 Å². The van der Waals surface area contributed by atoms with Gasteiger partial charge in [0.2, 0.25) is 4.96 Å². The highest BCUT2D eigenvalue weighted by Crippen LogP contribution is 2.30. The van der Waals surface area contributed by atoms with E-state index in [1.165, 1.54) is 16.7 Å². The third-order valence-electron chi connectivity index (χ3n) is 3.49. The lowest BCUT2D eigenvalue weighted by Gasteiger charge is -1.91. The third kappa shape index (κ3) is 1.73. The van der Waals surface area contributed by atoms with E-state index in [2.05, 4.69) is 38.5 Å². The van der Waals surface area contributed by atoms with Gasteiger partial charge in [-0.3, -0.25) is 0 Å². The van der Waals surface area contributed by atoms with Crippen molar-refractivity contribution in [2.45, 2.75) is 0 Å². The zero-order valence-electron chi connectivity index (χ0n) is 11.2. The highest BCUT2D eigenvalue weighted by Gasteiger charge is 2.15. The number of hydrogen-bond acceptors (Lipinski definition) is 5. The van der Waals surface area contributed by atoms with Gasteiger partial charge < -0.3 is 4.98 Å². The van der Waals surface area contributed by atoms with Gasteiger partial charge >= 0.3 is 0 Å². The van der Waals surface area contributed by atoms with Crippen molar-refractivity contribution in [2.24, 2.45) is 0 Å². The molecular weight excluding hydrogens is 314 g/mol. The van der Waals surface area contributed by atoms with E-state index in [1.807, 2.05) is 34.2 Å². The summed E-state index contributed by atoms with van der Waals surface area (Å²) >= 11 is 3.17. The van der Waals surface area contributed by atoms with Crippen molar-refractivity contribution < 1.29 is 0 Å². The first-order valence-corrected chi connectivity index (χ1v) is 8.42. The van der Waals surface area contributed by atoms with Gasteiger partial charge in [0, 0.05) is 10.9 Å². The molecule has 1 N–H and O–H groups in total. The fraction of sp³-hybridized carbons (Fsp3) is 0. The van der Waals surface area contributed by atoms with Gasteiger partial charge in [-0.2, -0.15) is 9.61 Å². The van der Waals surface area contributed by atoms with Crippen LogP contribution in [0.5, 0.6) is 0 Å². The smallest absolute Gasteiger partial charge is 0.235 e. The van der Waals surface area contributed by atoms with Crippen LogP contribution in [0.15, 0.2) is 47.8 Å². The van der Waals surface area contributed by atoms with Crippen LogP contribution in [0.4, 0.5) is 0 Å². The van der Waals surface area contributed by atoms with E-state index in [1.54, 1.807) is 11.3 Å². The molecular formula is C15H9N5S2. The van der Waals surface area contributed by atoms with Gasteiger partial charge in [-0.15, -0.1) is 21.5 Å². The molecule has 7 heteroatoms. The van der Waals surface area contributed by atoms with Gasteiger partial charge in [0.05, 0.1) is 10.6 Å². The first-order chi connectivity index (χ1) is 10.9. The van der Waals surface area contributed by atoms with E-state index in [4.69, 9.17) is 0 Å². The first-order valence-electron chi connectivity index (χ1n) is 6.73. The van der Waals surface area contributed by atoms with Crippen LogP contribution in [0.3, 0.4) is 0 Å². The number of aromatic nitrogens is 5. The van der Waals surface area contributed by atoms with Crippen LogP contribution in [-0.4, -0.2) is 24.8 Å². The number of benzene rings is 1. The molecule has 22 heavy (non-hydrogen) atoms. The van der Waals surface area contributed by atoms with Crippen LogP contribution in [0, 0.1) is 0 Å². The molecule has 5 aromatic rings. The van der Waals surface area contributed by atoms with E-state index in [9.17, 15) is 0 Å². The number of para-hydroxylation sites is 1. The predicted octanol–water partition coefficient (Wildman–Crippen LogP) is 4.06. The van der Waals surface area contributed by atoms with Crippen molar-refractivity contribution in [3.8, 4) is 21.4 Å². The van der Waals surface area contributed by atoms with Crippen molar-refractivity contribution in [3.63, 3.8) is 0 Å². The summed E-state index contributed by atoms with van der Waals surface area (Å²) in [5.41, 5.74) is 2.12. The lowest BCUT2D eigenvalue weighted by molar-refractivity contribution is 0.972. The minimum atomic E-state index is 0.795. The Labute approximate surface area is 132 Å². The van der Waals surface area contributed by atoms with Crippen molar-refractivity contribution in [1.82, 2.24) is 24.8 Å². The summed E-state index contributed by atoms with van der Waals surface area (Å²) in [7, 11) is 0. The standard InChI is InChI=1S/C15H9N5S2/c1-2-5-10-9(4-1)8-11(16-10)14-19-20-13(12-6-3-7-21-12)17-18-15(20)22-14/h1-8,16H. The molecule has 4 heterocycles. The monoisotopic (exact) mass is 323 g/mol. The molecule has 5 nitrogen and oxygen atoms in total. The maximum absolute atomic E-state index is 4.68.